The molecule has 4 aliphatic heterocycles. The Morgan fingerprint density at radius 1 is 1.14 bits per heavy atom. The molecule has 2 N–H and O–H groups in total. The SMILES string of the molecule is Nc1nc2c(-c3c(Cl)cc4c(N5C6COCC5CN(C(=O)n5cncn5)C6)nc(OC[C@@]56CCCN5C[C@H](F)C6)nc4c3F)ccc(F)c2s1. The summed E-state index contributed by atoms with van der Waals surface area (Å²) in [5.41, 5.74) is 5.78. The number of thiazole rings is 1. The molecular weight excluding hydrogens is 697 g/mol. The first-order chi connectivity index (χ1) is 24.2. The van der Waals surface area contributed by atoms with E-state index in [4.69, 9.17) is 31.8 Å². The summed E-state index contributed by atoms with van der Waals surface area (Å²) in [6.45, 7) is 2.31. The highest BCUT2D eigenvalue weighted by Gasteiger charge is 2.49. The predicted octanol–water partition coefficient (Wildman–Crippen LogP) is 4.52. The van der Waals surface area contributed by atoms with Crippen LogP contribution in [-0.4, -0.2) is 115 Å². The third-order valence-electron chi connectivity index (χ3n) is 10.3. The number of nitrogens with two attached hydrogens (primary N) is 1. The number of carbonyl (C=O) groups is 1. The normalized spacial score (nSPS) is 25.2. The minimum absolute atomic E-state index is 0.0199. The van der Waals surface area contributed by atoms with Crippen LogP contribution in [0, 0.1) is 11.6 Å². The fraction of sp³-hybridized carbons (Fsp3) is 0.438. The van der Waals surface area contributed by atoms with Crippen molar-refractivity contribution in [3.63, 3.8) is 0 Å². The maximum atomic E-state index is 17.1. The van der Waals surface area contributed by atoms with Gasteiger partial charge in [-0.05, 0) is 37.6 Å². The van der Waals surface area contributed by atoms with Crippen LogP contribution < -0.4 is 15.4 Å². The number of carbonyl (C=O) groups excluding carboxylic acids is 1. The number of anilines is 2. The lowest BCUT2D eigenvalue weighted by molar-refractivity contribution is 0.0251. The number of halogens is 4. The van der Waals surface area contributed by atoms with Gasteiger partial charge in [-0.1, -0.05) is 22.9 Å². The number of ether oxygens (including phenoxy) is 2. The summed E-state index contributed by atoms with van der Waals surface area (Å²) in [5, 5.41) is 4.47. The van der Waals surface area contributed by atoms with Crippen molar-refractivity contribution in [3.8, 4) is 17.1 Å². The number of piperazine rings is 1. The summed E-state index contributed by atoms with van der Waals surface area (Å²) in [5.74, 6) is -0.943. The van der Waals surface area contributed by atoms with Crippen molar-refractivity contribution in [2.45, 2.75) is 43.1 Å². The monoisotopic (exact) mass is 726 g/mol. The van der Waals surface area contributed by atoms with Gasteiger partial charge in [-0.2, -0.15) is 19.7 Å². The standard InChI is InChI=1S/C32H30ClF3N10O3S/c33-21-6-20-25(24(36)23(21)19-2-3-22(35)27-26(19)40-29(37)50-27)41-30(49-13-32-4-1-5-44(32)8-16(34)7-32)42-28(20)46-17-9-43(10-18(46)12-48-11-17)31(47)45-15-38-14-39-45/h2-3,6,14-18H,1,4-5,7-13H2,(H2,37,40)/t16-,17?,18?,32+/m1/s1. The summed E-state index contributed by atoms with van der Waals surface area (Å²) >= 11 is 7.83. The molecule has 2 unspecified atom stereocenters. The van der Waals surface area contributed by atoms with E-state index in [1.807, 2.05) is 4.90 Å². The molecule has 7 heterocycles. The van der Waals surface area contributed by atoms with Crippen LogP contribution in [0.15, 0.2) is 30.9 Å². The fourth-order valence-electron chi connectivity index (χ4n) is 8.13. The van der Waals surface area contributed by atoms with Gasteiger partial charge < -0.3 is 25.0 Å². The van der Waals surface area contributed by atoms with Crippen molar-refractivity contribution in [3.05, 3.63) is 47.5 Å². The molecule has 4 fully saturated rings. The van der Waals surface area contributed by atoms with Crippen molar-refractivity contribution >= 4 is 61.0 Å². The third kappa shape index (κ3) is 5.04. The first-order valence-corrected chi connectivity index (χ1v) is 17.4. The number of rotatable bonds is 5. The lowest BCUT2D eigenvalue weighted by Gasteiger charge is -2.50. The maximum Gasteiger partial charge on any atom is 0.346 e. The van der Waals surface area contributed by atoms with E-state index in [1.165, 1.54) is 29.5 Å². The van der Waals surface area contributed by atoms with Gasteiger partial charge in [-0.25, -0.2) is 27.9 Å². The molecule has 50 heavy (non-hydrogen) atoms. The van der Waals surface area contributed by atoms with E-state index in [1.54, 1.807) is 11.0 Å². The van der Waals surface area contributed by atoms with E-state index in [0.717, 1.165) is 30.7 Å². The van der Waals surface area contributed by atoms with E-state index >= 15 is 4.39 Å². The number of hydrogen-bond acceptors (Lipinski definition) is 12. The Bertz CT molecular complexity index is 2140. The van der Waals surface area contributed by atoms with Gasteiger partial charge in [0.05, 0.1) is 46.1 Å². The molecule has 0 spiro atoms. The molecule has 18 heteroatoms. The Morgan fingerprint density at radius 2 is 1.96 bits per heavy atom. The summed E-state index contributed by atoms with van der Waals surface area (Å²) in [6, 6.07) is 3.08. The molecule has 13 nitrogen and oxygen atoms in total. The summed E-state index contributed by atoms with van der Waals surface area (Å²) in [7, 11) is 0. The fourth-order valence-corrected chi connectivity index (χ4v) is 9.18. The van der Waals surface area contributed by atoms with E-state index in [-0.39, 0.29) is 94.0 Å². The molecule has 4 saturated heterocycles. The zero-order valence-corrected chi connectivity index (χ0v) is 28.0. The van der Waals surface area contributed by atoms with Crippen LogP contribution in [0.5, 0.6) is 6.01 Å². The molecule has 4 aliphatic rings. The molecule has 1 amide bonds. The Morgan fingerprint density at radius 3 is 2.74 bits per heavy atom. The number of aromatic nitrogens is 6. The van der Waals surface area contributed by atoms with E-state index in [9.17, 15) is 13.6 Å². The molecule has 2 aromatic carbocycles. The highest BCUT2D eigenvalue weighted by molar-refractivity contribution is 7.22. The Kier molecular flexibility index (Phi) is 7.52. The Balaban J connectivity index is 1.17. The lowest BCUT2D eigenvalue weighted by Crippen LogP contribution is -2.66. The second-order valence-electron chi connectivity index (χ2n) is 13.2. The largest absolute Gasteiger partial charge is 0.461 e. The minimum Gasteiger partial charge on any atom is -0.461 e. The van der Waals surface area contributed by atoms with Crippen LogP contribution in [0.2, 0.25) is 5.02 Å². The number of benzene rings is 2. The van der Waals surface area contributed by atoms with Crippen LogP contribution in [-0.2, 0) is 4.74 Å². The number of fused-ring (bicyclic) bond motifs is 5. The smallest absolute Gasteiger partial charge is 0.346 e. The summed E-state index contributed by atoms with van der Waals surface area (Å²) in [6.07, 6.45) is 3.70. The number of hydrogen-bond donors (Lipinski definition) is 1. The van der Waals surface area contributed by atoms with Gasteiger partial charge in [0.2, 0.25) is 0 Å². The highest BCUT2D eigenvalue weighted by Crippen LogP contribution is 2.45. The van der Waals surface area contributed by atoms with Gasteiger partial charge >= 0.3 is 12.0 Å². The molecular formula is C32H30ClF3N10O3S. The van der Waals surface area contributed by atoms with Gasteiger partial charge in [0.15, 0.2) is 10.9 Å². The minimum atomic E-state index is -0.961. The molecule has 4 atom stereocenters. The van der Waals surface area contributed by atoms with Crippen molar-refractivity contribution in [2.75, 3.05) is 56.6 Å². The summed E-state index contributed by atoms with van der Waals surface area (Å²) < 4.78 is 59.9. The van der Waals surface area contributed by atoms with Crippen molar-refractivity contribution in [1.29, 1.82) is 0 Å². The average molecular weight is 727 g/mol. The average Bonchev–Trinajstić information content (AvgIpc) is 3.89. The number of nitrogen functional groups attached to an aromatic ring is 1. The molecule has 3 aromatic heterocycles. The molecule has 260 valence electrons. The molecule has 0 aliphatic carbocycles. The molecule has 2 bridgehead atoms. The first kappa shape index (κ1) is 31.6. The predicted molar refractivity (Wildman–Crippen MR) is 179 cm³/mol. The summed E-state index contributed by atoms with van der Waals surface area (Å²) in [4.78, 5) is 36.7. The van der Waals surface area contributed by atoms with Crippen LogP contribution in [0.3, 0.4) is 0 Å². The topological polar surface area (TPSA) is 141 Å². The van der Waals surface area contributed by atoms with Crippen molar-refractivity contribution in [2.24, 2.45) is 0 Å². The van der Waals surface area contributed by atoms with E-state index in [0.29, 0.717) is 24.2 Å². The van der Waals surface area contributed by atoms with Crippen LogP contribution in [0.4, 0.5) is 28.9 Å². The number of amides is 1. The van der Waals surface area contributed by atoms with Gasteiger partial charge in [0, 0.05) is 42.6 Å². The maximum absolute atomic E-state index is 17.1. The Hall–Kier alpha value is -4.32. The highest BCUT2D eigenvalue weighted by atomic mass is 35.5. The second kappa shape index (κ2) is 11.9. The van der Waals surface area contributed by atoms with Crippen LogP contribution in [0.1, 0.15) is 19.3 Å². The molecule has 5 aromatic rings. The van der Waals surface area contributed by atoms with Crippen molar-refractivity contribution in [1.82, 2.24) is 39.5 Å². The van der Waals surface area contributed by atoms with Crippen LogP contribution >= 0.6 is 22.9 Å². The number of nitrogens with zero attached hydrogens (tertiary/aromatic N) is 9. The Labute approximate surface area is 291 Å². The van der Waals surface area contributed by atoms with Gasteiger partial charge in [0.1, 0.15) is 42.6 Å². The van der Waals surface area contributed by atoms with Gasteiger partial charge in [-0.3, -0.25) is 4.90 Å². The zero-order valence-electron chi connectivity index (χ0n) is 26.4. The first-order valence-electron chi connectivity index (χ1n) is 16.3. The third-order valence-corrected chi connectivity index (χ3v) is 11.4. The molecule has 9 rings (SSSR count). The number of morpholine rings is 1. The van der Waals surface area contributed by atoms with Gasteiger partial charge in [-0.15, -0.1) is 0 Å². The number of alkyl halides is 1. The van der Waals surface area contributed by atoms with Gasteiger partial charge in [0.25, 0.3) is 0 Å². The molecule has 0 saturated carbocycles. The lowest BCUT2D eigenvalue weighted by atomic mass is 9.95. The second-order valence-corrected chi connectivity index (χ2v) is 14.7. The van der Waals surface area contributed by atoms with Crippen LogP contribution in [0.25, 0.3) is 32.2 Å². The quantitative estimate of drug-likeness (QED) is 0.273. The zero-order chi connectivity index (χ0) is 34.3. The van der Waals surface area contributed by atoms with E-state index < -0.39 is 23.3 Å². The molecule has 0 radical (unpaired) electrons. The van der Waals surface area contributed by atoms with Crippen molar-refractivity contribution < 1.29 is 27.4 Å². The van der Waals surface area contributed by atoms with E-state index in [2.05, 4.69) is 25.0 Å².